The molecule has 2 aromatic heterocycles. The number of amides is 1. The number of carbonyl (C=O) groups is 2. The van der Waals surface area contributed by atoms with Crippen molar-refractivity contribution in [3.8, 4) is 0 Å². The molecule has 0 aliphatic heterocycles. The average molecular weight is 394 g/mol. The van der Waals surface area contributed by atoms with Crippen LogP contribution in [-0.4, -0.2) is 34.5 Å². The Hall–Kier alpha value is -3.28. The first-order valence-corrected chi connectivity index (χ1v) is 9.55. The van der Waals surface area contributed by atoms with E-state index in [9.17, 15) is 9.59 Å². The number of carbonyl (C=O) groups excluding carboxylic acids is 2. The summed E-state index contributed by atoms with van der Waals surface area (Å²) in [5.41, 5.74) is 3.18. The lowest BCUT2D eigenvalue weighted by Crippen LogP contribution is -2.37. The smallest absolute Gasteiger partial charge is 0.340 e. The highest BCUT2D eigenvalue weighted by molar-refractivity contribution is 5.93. The van der Waals surface area contributed by atoms with Gasteiger partial charge in [-0.15, -0.1) is 0 Å². The first-order valence-electron chi connectivity index (χ1n) is 9.55. The van der Waals surface area contributed by atoms with E-state index in [0.717, 1.165) is 22.7 Å². The number of aryl methyl sites for hydroxylation is 1. The third-order valence-electron chi connectivity index (χ3n) is 4.96. The van der Waals surface area contributed by atoms with Crippen molar-refractivity contribution in [1.29, 1.82) is 0 Å². The summed E-state index contributed by atoms with van der Waals surface area (Å²) in [5.74, 6) is 0.0575. The van der Waals surface area contributed by atoms with E-state index in [2.05, 4.69) is 0 Å². The average Bonchev–Trinajstić information content (AvgIpc) is 3.31. The van der Waals surface area contributed by atoms with Gasteiger partial charge in [0.25, 0.3) is 5.91 Å². The molecule has 0 radical (unpaired) electrons. The summed E-state index contributed by atoms with van der Waals surface area (Å²) in [7, 11) is 1.70. The molecule has 0 fully saturated rings. The molecule has 1 atom stereocenters. The van der Waals surface area contributed by atoms with E-state index >= 15 is 0 Å². The van der Waals surface area contributed by atoms with Crippen LogP contribution in [0.1, 0.15) is 40.0 Å². The van der Waals surface area contributed by atoms with Gasteiger partial charge in [0.15, 0.2) is 6.10 Å². The van der Waals surface area contributed by atoms with Gasteiger partial charge in [0.05, 0.1) is 18.4 Å². The number of furan rings is 1. The standard InChI is InChI=1S/C23H26N2O4/c1-16-13-21(17(2)25(16)15-20-11-8-12-28-20)23(27)29-18(3)22(26)24(4)14-19-9-6-5-7-10-19/h5-13,18H,14-15H2,1-4H3/t18-/m1/s1. The van der Waals surface area contributed by atoms with Gasteiger partial charge in [0, 0.05) is 25.0 Å². The molecule has 6 nitrogen and oxygen atoms in total. The normalized spacial score (nSPS) is 11.9. The summed E-state index contributed by atoms with van der Waals surface area (Å²) >= 11 is 0. The Kier molecular flexibility index (Phi) is 6.22. The van der Waals surface area contributed by atoms with E-state index in [1.54, 1.807) is 31.2 Å². The molecule has 0 bridgehead atoms. The molecule has 0 aliphatic carbocycles. The number of nitrogens with zero attached hydrogens (tertiary/aromatic N) is 2. The maximum Gasteiger partial charge on any atom is 0.340 e. The molecular weight excluding hydrogens is 368 g/mol. The third-order valence-corrected chi connectivity index (χ3v) is 4.96. The van der Waals surface area contributed by atoms with Crippen LogP contribution in [0.2, 0.25) is 0 Å². The third kappa shape index (κ3) is 4.77. The van der Waals surface area contributed by atoms with Crippen LogP contribution >= 0.6 is 0 Å². The van der Waals surface area contributed by atoms with Gasteiger partial charge in [-0.1, -0.05) is 30.3 Å². The summed E-state index contributed by atoms with van der Waals surface area (Å²) in [5, 5.41) is 0. The fraction of sp³-hybridized carbons (Fsp3) is 0.304. The summed E-state index contributed by atoms with van der Waals surface area (Å²) in [6, 6.07) is 15.2. The van der Waals surface area contributed by atoms with Crippen molar-refractivity contribution in [2.45, 2.75) is 40.0 Å². The van der Waals surface area contributed by atoms with Crippen molar-refractivity contribution in [2.24, 2.45) is 0 Å². The first kappa shape index (κ1) is 20.5. The van der Waals surface area contributed by atoms with Crippen LogP contribution in [0.3, 0.4) is 0 Å². The van der Waals surface area contributed by atoms with Crippen molar-refractivity contribution in [2.75, 3.05) is 7.05 Å². The summed E-state index contributed by atoms with van der Waals surface area (Å²) in [4.78, 5) is 26.9. The van der Waals surface area contributed by atoms with Crippen LogP contribution in [0.15, 0.2) is 59.2 Å². The van der Waals surface area contributed by atoms with Crippen molar-refractivity contribution >= 4 is 11.9 Å². The molecule has 0 saturated heterocycles. The van der Waals surface area contributed by atoms with Crippen molar-refractivity contribution in [3.05, 3.63) is 83.1 Å². The van der Waals surface area contributed by atoms with E-state index in [-0.39, 0.29) is 5.91 Å². The van der Waals surface area contributed by atoms with Gasteiger partial charge in [-0.25, -0.2) is 4.79 Å². The molecule has 0 spiro atoms. The lowest BCUT2D eigenvalue weighted by atomic mass is 10.2. The molecule has 3 aromatic rings. The molecule has 0 aliphatic rings. The Morgan fingerprint density at radius 3 is 2.52 bits per heavy atom. The van der Waals surface area contributed by atoms with Gasteiger partial charge >= 0.3 is 5.97 Å². The number of esters is 1. The molecule has 29 heavy (non-hydrogen) atoms. The zero-order chi connectivity index (χ0) is 21.0. The number of ether oxygens (including phenoxy) is 1. The minimum atomic E-state index is -0.871. The van der Waals surface area contributed by atoms with Gasteiger partial charge in [-0.05, 0) is 44.5 Å². The Balaban J connectivity index is 1.65. The van der Waals surface area contributed by atoms with Crippen LogP contribution in [0.5, 0.6) is 0 Å². The Labute approximate surface area is 170 Å². The largest absolute Gasteiger partial charge is 0.467 e. The van der Waals surface area contributed by atoms with E-state index in [1.165, 1.54) is 0 Å². The lowest BCUT2D eigenvalue weighted by Gasteiger charge is -2.21. The van der Waals surface area contributed by atoms with Crippen LogP contribution < -0.4 is 0 Å². The van der Waals surface area contributed by atoms with Gasteiger partial charge < -0.3 is 18.6 Å². The Morgan fingerprint density at radius 1 is 1.14 bits per heavy atom. The molecule has 0 saturated carbocycles. The summed E-state index contributed by atoms with van der Waals surface area (Å²) < 4.78 is 12.9. The number of benzene rings is 1. The zero-order valence-corrected chi connectivity index (χ0v) is 17.2. The molecular formula is C23H26N2O4. The predicted molar refractivity (Wildman–Crippen MR) is 110 cm³/mol. The van der Waals surface area contributed by atoms with Crippen molar-refractivity contribution in [3.63, 3.8) is 0 Å². The Bertz CT molecular complexity index is 974. The molecule has 0 unspecified atom stereocenters. The lowest BCUT2D eigenvalue weighted by molar-refractivity contribution is -0.139. The van der Waals surface area contributed by atoms with Gasteiger partial charge in [0.1, 0.15) is 5.76 Å². The SMILES string of the molecule is Cc1cc(C(=O)O[C@H](C)C(=O)N(C)Cc2ccccc2)c(C)n1Cc1ccco1. The predicted octanol–water partition coefficient (Wildman–Crippen LogP) is 3.95. The molecule has 0 N–H and O–H groups in total. The van der Waals surface area contributed by atoms with E-state index < -0.39 is 12.1 Å². The summed E-state index contributed by atoms with van der Waals surface area (Å²) in [6.45, 7) is 6.38. The second-order valence-corrected chi connectivity index (χ2v) is 7.18. The molecule has 1 aromatic carbocycles. The maximum atomic E-state index is 12.7. The molecule has 3 rings (SSSR count). The highest BCUT2D eigenvalue weighted by Crippen LogP contribution is 2.19. The second kappa shape index (κ2) is 8.82. The van der Waals surface area contributed by atoms with Gasteiger partial charge in [-0.3, -0.25) is 4.79 Å². The fourth-order valence-electron chi connectivity index (χ4n) is 3.33. The monoisotopic (exact) mass is 394 g/mol. The van der Waals surface area contributed by atoms with Crippen LogP contribution in [0, 0.1) is 13.8 Å². The second-order valence-electron chi connectivity index (χ2n) is 7.18. The minimum absolute atomic E-state index is 0.244. The summed E-state index contributed by atoms with van der Waals surface area (Å²) in [6.07, 6.45) is 0.752. The highest BCUT2D eigenvalue weighted by atomic mass is 16.5. The van der Waals surface area contributed by atoms with Gasteiger partial charge in [-0.2, -0.15) is 0 Å². The minimum Gasteiger partial charge on any atom is -0.467 e. The van der Waals surface area contributed by atoms with Gasteiger partial charge in [0.2, 0.25) is 0 Å². The molecule has 2 heterocycles. The Morgan fingerprint density at radius 2 is 1.86 bits per heavy atom. The first-order chi connectivity index (χ1) is 13.9. The molecule has 6 heteroatoms. The highest BCUT2D eigenvalue weighted by Gasteiger charge is 2.25. The number of likely N-dealkylation sites (N-methyl/N-ethyl adjacent to an activating group) is 1. The van der Waals surface area contributed by atoms with E-state index in [4.69, 9.17) is 9.15 Å². The molecule has 1 amide bonds. The number of aromatic nitrogens is 1. The molecule has 152 valence electrons. The maximum absolute atomic E-state index is 12.7. The number of hydrogen-bond acceptors (Lipinski definition) is 4. The van der Waals surface area contributed by atoms with E-state index in [1.807, 2.05) is 60.9 Å². The fourth-order valence-corrected chi connectivity index (χ4v) is 3.33. The van der Waals surface area contributed by atoms with Crippen LogP contribution in [0.4, 0.5) is 0 Å². The van der Waals surface area contributed by atoms with Crippen molar-refractivity contribution in [1.82, 2.24) is 9.47 Å². The van der Waals surface area contributed by atoms with Crippen LogP contribution in [-0.2, 0) is 22.6 Å². The zero-order valence-electron chi connectivity index (χ0n) is 17.2. The van der Waals surface area contributed by atoms with Crippen molar-refractivity contribution < 1.29 is 18.7 Å². The quantitative estimate of drug-likeness (QED) is 0.569. The topological polar surface area (TPSA) is 64.7 Å². The number of hydrogen-bond donors (Lipinski definition) is 0. The number of rotatable bonds is 7. The van der Waals surface area contributed by atoms with Crippen LogP contribution in [0.25, 0.3) is 0 Å². The van der Waals surface area contributed by atoms with E-state index in [0.29, 0.717) is 18.7 Å².